The Kier molecular flexibility index (Phi) is 5.88. The first-order valence-corrected chi connectivity index (χ1v) is 8.17. The van der Waals surface area contributed by atoms with Crippen LogP contribution >= 0.6 is 0 Å². The van der Waals surface area contributed by atoms with E-state index in [0.29, 0.717) is 24.5 Å². The second kappa shape index (κ2) is 7.68. The first-order chi connectivity index (χ1) is 11.1. The molecule has 1 aliphatic heterocycles. The minimum absolute atomic E-state index is 0.0828. The zero-order valence-corrected chi connectivity index (χ0v) is 14.3. The average Bonchev–Trinajstić information content (AvgIpc) is 2.61. The second-order valence-corrected chi connectivity index (χ2v) is 6.29. The minimum Gasteiger partial charge on any atom is -0.497 e. The van der Waals surface area contributed by atoms with Crippen LogP contribution in [-0.2, 0) is 11.2 Å². The molecule has 1 heterocycles. The molecule has 0 aromatic heterocycles. The van der Waals surface area contributed by atoms with Crippen molar-refractivity contribution in [1.82, 2.24) is 4.90 Å². The van der Waals surface area contributed by atoms with Crippen molar-refractivity contribution in [2.75, 3.05) is 33.9 Å². The Hall–Kier alpha value is -1.75. The molecule has 5 nitrogen and oxygen atoms in total. The van der Waals surface area contributed by atoms with Crippen LogP contribution in [0.15, 0.2) is 18.2 Å². The van der Waals surface area contributed by atoms with E-state index in [9.17, 15) is 9.90 Å². The highest BCUT2D eigenvalue weighted by Gasteiger charge is 2.35. The number of piperidine rings is 1. The van der Waals surface area contributed by atoms with Crippen LogP contribution in [-0.4, -0.2) is 49.8 Å². The van der Waals surface area contributed by atoms with Crippen molar-refractivity contribution in [2.24, 2.45) is 5.41 Å². The van der Waals surface area contributed by atoms with Crippen molar-refractivity contribution in [2.45, 2.75) is 32.6 Å². The van der Waals surface area contributed by atoms with E-state index in [-0.39, 0.29) is 17.9 Å². The van der Waals surface area contributed by atoms with Gasteiger partial charge < -0.3 is 19.5 Å². The maximum atomic E-state index is 12.7. The van der Waals surface area contributed by atoms with E-state index in [4.69, 9.17) is 9.47 Å². The lowest BCUT2D eigenvalue weighted by molar-refractivity contribution is -0.134. The summed E-state index contributed by atoms with van der Waals surface area (Å²) in [4.78, 5) is 14.5. The van der Waals surface area contributed by atoms with Crippen LogP contribution in [0.25, 0.3) is 0 Å². The molecule has 2 rings (SSSR count). The second-order valence-electron chi connectivity index (χ2n) is 6.29. The molecule has 1 amide bonds. The van der Waals surface area contributed by atoms with E-state index in [1.54, 1.807) is 20.3 Å². The zero-order chi connectivity index (χ0) is 16.9. The Balaban J connectivity index is 2.10. The molecule has 1 aromatic carbocycles. The van der Waals surface area contributed by atoms with Gasteiger partial charge in [-0.3, -0.25) is 4.79 Å². The van der Waals surface area contributed by atoms with Crippen LogP contribution in [0.3, 0.4) is 0 Å². The monoisotopic (exact) mass is 321 g/mol. The summed E-state index contributed by atoms with van der Waals surface area (Å²) in [6.07, 6.45) is 3.12. The molecule has 0 radical (unpaired) electrons. The summed E-state index contributed by atoms with van der Waals surface area (Å²) in [7, 11) is 3.20. The summed E-state index contributed by atoms with van der Waals surface area (Å²) in [6, 6.07) is 5.51. The van der Waals surface area contributed by atoms with Crippen LogP contribution in [0.1, 0.15) is 31.7 Å². The van der Waals surface area contributed by atoms with Crippen molar-refractivity contribution >= 4 is 5.91 Å². The Morgan fingerprint density at radius 2 is 2.13 bits per heavy atom. The summed E-state index contributed by atoms with van der Waals surface area (Å²) in [5.41, 5.74) is 0.715. The Bertz CT molecular complexity index is 540. The van der Waals surface area contributed by atoms with E-state index in [1.807, 2.05) is 17.0 Å². The molecular formula is C18H27NO4. The number of aliphatic hydroxyl groups is 1. The summed E-state index contributed by atoms with van der Waals surface area (Å²) < 4.78 is 10.6. The van der Waals surface area contributed by atoms with Crippen molar-refractivity contribution in [1.29, 1.82) is 0 Å². The fraction of sp³-hybridized carbons (Fsp3) is 0.611. The zero-order valence-electron chi connectivity index (χ0n) is 14.3. The third-order valence-corrected chi connectivity index (χ3v) is 4.94. The molecule has 0 spiro atoms. The molecule has 128 valence electrons. The number of carbonyl (C=O) groups excluding carboxylic acids is 1. The van der Waals surface area contributed by atoms with Crippen molar-refractivity contribution in [3.63, 3.8) is 0 Å². The van der Waals surface area contributed by atoms with Gasteiger partial charge in [0.15, 0.2) is 0 Å². The Labute approximate surface area is 138 Å². The Morgan fingerprint density at radius 3 is 2.74 bits per heavy atom. The number of aliphatic hydroxyl groups excluding tert-OH is 1. The lowest BCUT2D eigenvalue weighted by Crippen LogP contribution is -2.48. The first-order valence-electron chi connectivity index (χ1n) is 8.17. The van der Waals surface area contributed by atoms with Crippen LogP contribution in [0.5, 0.6) is 11.5 Å². The normalized spacial score (nSPS) is 21.1. The molecule has 1 fully saturated rings. The topological polar surface area (TPSA) is 59.0 Å². The van der Waals surface area contributed by atoms with E-state index < -0.39 is 0 Å². The molecule has 1 N–H and O–H groups in total. The molecule has 23 heavy (non-hydrogen) atoms. The van der Waals surface area contributed by atoms with E-state index in [0.717, 1.165) is 31.4 Å². The third-order valence-electron chi connectivity index (χ3n) is 4.94. The predicted molar refractivity (Wildman–Crippen MR) is 88.9 cm³/mol. The molecule has 1 aliphatic rings. The third kappa shape index (κ3) is 3.96. The fourth-order valence-corrected chi connectivity index (χ4v) is 3.22. The van der Waals surface area contributed by atoms with Gasteiger partial charge in [0.1, 0.15) is 11.5 Å². The molecule has 0 bridgehead atoms. The number of benzene rings is 1. The van der Waals surface area contributed by atoms with Crippen LogP contribution < -0.4 is 9.47 Å². The van der Waals surface area contributed by atoms with Crippen molar-refractivity contribution in [3.05, 3.63) is 23.8 Å². The number of nitrogens with zero attached hydrogens (tertiary/aromatic N) is 1. The van der Waals surface area contributed by atoms with Crippen LogP contribution in [0.4, 0.5) is 0 Å². The van der Waals surface area contributed by atoms with Gasteiger partial charge in [0.2, 0.25) is 5.91 Å². The quantitative estimate of drug-likeness (QED) is 0.873. The SMILES string of the molecule is CC[C@]1(CO)CCCN(C(=O)Cc2ccc(OC)cc2OC)C1. The highest BCUT2D eigenvalue weighted by molar-refractivity contribution is 5.79. The van der Waals surface area contributed by atoms with Gasteiger partial charge in [-0.25, -0.2) is 0 Å². The van der Waals surface area contributed by atoms with Gasteiger partial charge in [-0.1, -0.05) is 13.0 Å². The van der Waals surface area contributed by atoms with Gasteiger partial charge in [-0.15, -0.1) is 0 Å². The molecular weight excluding hydrogens is 294 g/mol. The van der Waals surface area contributed by atoms with Gasteiger partial charge in [0.25, 0.3) is 0 Å². The first kappa shape index (κ1) is 17.6. The van der Waals surface area contributed by atoms with Crippen molar-refractivity contribution < 1.29 is 19.4 Å². The molecule has 1 atom stereocenters. The summed E-state index contributed by atoms with van der Waals surface area (Å²) in [6.45, 7) is 3.62. The minimum atomic E-state index is -0.141. The number of ether oxygens (including phenoxy) is 2. The fourth-order valence-electron chi connectivity index (χ4n) is 3.22. The molecule has 1 aromatic rings. The van der Waals surface area contributed by atoms with Gasteiger partial charge in [-0.05, 0) is 25.3 Å². The van der Waals surface area contributed by atoms with E-state index in [2.05, 4.69) is 6.92 Å². The number of carbonyl (C=O) groups is 1. The summed E-state index contributed by atoms with van der Waals surface area (Å²) in [5.74, 6) is 1.46. The predicted octanol–water partition coefficient (Wildman–Crippen LogP) is 2.26. The van der Waals surface area contributed by atoms with Gasteiger partial charge in [0.05, 0.1) is 27.2 Å². The molecule has 0 unspecified atom stereocenters. The number of hydrogen-bond donors (Lipinski definition) is 1. The van der Waals surface area contributed by atoms with Gasteiger partial charge in [0, 0.05) is 30.1 Å². The summed E-state index contributed by atoms with van der Waals surface area (Å²) in [5, 5.41) is 9.70. The maximum absolute atomic E-state index is 12.7. The Morgan fingerprint density at radius 1 is 1.35 bits per heavy atom. The van der Waals surface area contributed by atoms with Crippen LogP contribution in [0.2, 0.25) is 0 Å². The lowest BCUT2D eigenvalue weighted by atomic mass is 9.78. The number of methoxy groups -OCH3 is 2. The van der Waals surface area contributed by atoms with E-state index >= 15 is 0 Å². The smallest absolute Gasteiger partial charge is 0.227 e. The molecule has 1 saturated heterocycles. The molecule has 5 heteroatoms. The van der Waals surface area contributed by atoms with Gasteiger partial charge >= 0.3 is 0 Å². The number of likely N-dealkylation sites (tertiary alicyclic amines) is 1. The number of hydrogen-bond acceptors (Lipinski definition) is 4. The molecule has 0 saturated carbocycles. The van der Waals surface area contributed by atoms with Crippen molar-refractivity contribution in [3.8, 4) is 11.5 Å². The molecule has 0 aliphatic carbocycles. The highest BCUT2D eigenvalue weighted by Crippen LogP contribution is 2.33. The largest absolute Gasteiger partial charge is 0.497 e. The number of rotatable bonds is 6. The lowest BCUT2D eigenvalue weighted by Gasteiger charge is -2.41. The highest BCUT2D eigenvalue weighted by atomic mass is 16.5. The maximum Gasteiger partial charge on any atom is 0.227 e. The average molecular weight is 321 g/mol. The number of amides is 1. The standard InChI is InChI=1S/C18H27NO4/c1-4-18(13-20)8-5-9-19(12-18)17(21)10-14-6-7-15(22-2)11-16(14)23-3/h6-7,11,20H,4-5,8-10,12-13H2,1-3H3/t18-/m0/s1. The van der Waals surface area contributed by atoms with Gasteiger partial charge in [-0.2, -0.15) is 0 Å². The summed E-state index contributed by atoms with van der Waals surface area (Å²) >= 11 is 0. The van der Waals surface area contributed by atoms with Crippen LogP contribution in [0, 0.1) is 5.41 Å². The van der Waals surface area contributed by atoms with E-state index in [1.165, 1.54) is 0 Å².